The maximum Gasteiger partial charge on any atom is 0.256 e. The quantitative estimate of drug-likeness (QED) is 0.424. The van der Waals surface area contributed by atoms with Crippen molar-refractivity contribution >= 4 is 28.6 Å². The van der Waals surface area contributed by atoms with Gasteiger partial charge >= 0.3 is 0 Å². The van der Waals surface area contributed by atoms with Gasteiger partial charge in [0.25, 0.3) is 5.91 Å². The van der Waals surface area contributed by atoms with Crippen molar-refractivity contribution in [3.05, 3.63) is 83.6 Å². The molecule has 36 heavy (non-hydrogen) atoms. The molecule has 4 rings (SSSR count). The maximum absolute atomic E-state index is 13.9. The van der Waals surface area contributed by atoms with Gasteiger partial charge in [-0.2, -0.15) is 0 Å². The summed E-state index contributed by atoms with van der Waals surface area (Å²) in [6.45, 7) is 5.14. The zero-order valence-electron chi connectivity index (χ0n) is 21.3. The van der Waals surface area contributed by atoms with Gasteiger partial charge in [-0.05, 0) is 74.0 Å². The number of aliphatic imine (C=N–C) groups is 1. The second-order valence-corrected chi connectivity index (χ2v) is 8.15. The van der Waals surface area contributed by atoms with Crippen molar-refractivity contribution in [1.82, 2.24) is 4.90 Å². The number of amides is 1. The largest absolute Gasteiger partial charge is 0.497 e. The number of benzene rings is 3. The Balaban J connectivity index is 1.97. The van der Waals surface area contributed by atoms with E-state index in [1.165, 1.54) is 0 Å². The lowest BCUT2D eigenvalue weighted by Crippen LogP contribution is -2.32. The van der Waals surface area contributed by atoms with Crippen molar-refractivity contribution in [2.24, 2.45) is 4.99 Å². The van der Waals surface area contributed by atoms with E-state index in [9.17, 15) is 4.79 Å². The molecule has 1 amide bonds. The Morgan fingerprint density at radius 1 is 0.806 bits per heavy atom. The molecule has 0 unspecified atom stereocenters. The molecule has 3 aromatic carbocycles. The second kappa shape index (κ2) is 11.0. The van der Waals surface area contributed by atoms with Crippen LogP contribution in [-0.4, -0.2) is 50.9 Å². The van der Waals surface area contributed by atoms with Gasteiger partial charge in [0.1, 0.15) is 17.2 Å². The average Bonchev–Trinajstić information content (AvgIpc) is 3.27. The Bertz CT molecular complexity index is 1290. The molecule has 1 aliphatic heterocycles. The molecule has 0 fully saturated rings. The third-order valence-corrected chi connectivity index (χ3v) is 6.18. The summed E-state index contributed by atoms with van der Waals surface area (Å²) in [7, 11) is 4.89. The fourth-order valence-corrected chi connectivity index (χ4v) is 4.17. The van der Waals surface area contributed by atoms with Gasteiger partial charge in [-0.25, -0.2) is 4.99 Å². The number of nitrogens with one attached hydrogen (secondary N) is 1. The summed E-state index contributed by atoms with van der Waals surface area (Å²) in [5, 5.41) is 3.48. The zero-order valence-corrected chi connectivity index (χ0v) is 21.3. The molecular weight excluding hydrogens is 454 g/mol. The number of ether oxygens (including phenoxy) is 3. The Kier molecular flexibility index (Phi) is 7.59. The van der Waals surface area contributed by atoms with Crippen LogP contribution in [0, 0.1) is 0 Å². The lowest BCUT2D eigenvalue weighted by Gasteiger charge is -2.22. The highest BCUT2D eigenvalue weighted by atomic mass is 16.5. The normalized spacial score (nSPS) is 14.6. The van der Waals surface area contributed by atoms with E-state index in [-0.39, 0.29) is 5.91 Å². The minimum Gasteiger partial charge on any atom is -0.497 e. The number of rotatable bonds is 8. The van der Waals surface area contributed by atoms with E-state index in [0.29, 0.717) is 35.8 Å². The molecular formula is C29H31N3O4. The summed E-state index contributed by atoms with van der Waals surface area (Å²) in [5.74, 6) is 2.10. The number of likely N-dealkylation sites (N-methyl/N-ethyl adjacent to an activating group) is 1. The smallest absolute Gasteiger partial charge is 0.256 e. The molecule has 7 nitrogen and oxygen atoms in total. The van der Waals surface area contributed by atoms with Crippen LogP contribution in [0.15, 0.2) is 77.4 Å². The van der Waals surface area contributed by atoms with Gasteiger partial charge in [-0.1, -0.05) is 12.1 Å². The Morgan fingerprint density at radius 3 is 1.92 bits per heavy atom. The predicted molar refractivity (Wildman–Crippen MR) is 144 cm³/mol. The Labute approximate surface area is 212 Å². The minimum absolute atomic E-state index is 0.0742. The van der Waals surface area contributed by atoms with Crippen LogP contribution in [0.2, 0.25) is 0 Å². The third kappa shape index (κ3) is 4.91. The summed E-state index contributed by atoms with van der Waals surface area (Å²) >= 11 is 0. The standard InChI is InChI=1S/C29H31N3O4/c1-6-32(7-2)29(33)26(19-8-12-21(34-3)13-9-19)28-27(30-20-10-14-22(35-4)15-11-20)24-18-23(36-5)16-17-25(24)31-28/h8-18,31H,6-7H2,1-5H3/b28-26+,30-27?. The van der Waals surface area contributed by atoms with E-state index >= 15 is 0 Å². The van der Waals surface area contributed by atoms with E-state index < -0.39 is 0 Å². The molecule has 1 aliphatic rings. The van der Waals surface area contributed by atoms with Gasteiger partial charge in [0.05, 0.1) is 44.0 Å². The fourth-order valence-electron chi connectivity index (χ4n) is 4.17. The van der Waals surface area contributed by atoms with Crippen LogP contribution in [0.3, 0.4) is 0 Å². The van der Waals surface area contributed by atoms with Crippen LogP contribution in [-0.2, 0) is 4.79 Å². The number of hydrogen-bond acceptors (Lipinski definition) is 6. The van der Waals surface area contributed by atoms with Crippen molar-refractivity contribution in [1.29, 1.82) is 0 Å². The van der Waals surface area contributed by atoms with E-state index in [4.69, 9.17) is 19.2 Å². The van der Waals surface area contributed by atoms with Gasteiger partial charge in [-0.15, -0.1) is 0 Å². The predicted octanol–water partition coefficient (Wildman–Crippen LogP) is 5.54. The van der Waals surface area contributed by atoms with Crippen molar-refractivity contribution in [2.75, 3.05) is 39.7 Å². The molecule has 0 spiro atoms. The second-order valence-electron chi connectivity index (χ2n) is 8.15. The van der Waals surface area contributed by atoms with Crippen LogP contribution >= 0.6 is 0 Å². The van der Waals surface area contributed by atoms with Crippen molar-refractivity contribution in [3.63, 3.8) is 0 Å². The van der Waals surface area contributed by atoms with Crippen molar-refractivity contribution in [2.45, 2.75) is 13.8 Å². The third-order valence-electron chi connectivity index (χ3n) is 6.18. The van der Waals surface area contributed by atoms with Gasteiger partial charge in [-0.3, -0.25) is 4.79 Å². The van der Waals surface area contributed by atoms with Crippen LogP contribution in [0.4, 0.5) is 11.4 Å². The number of carbonyl (C=O) groups is 1. The number of allylic oxidation sites excluding steroid dienone is 1. The van der Waals surface area contributed by atoms with E-state index in [0.717, 1.165) is 34.0 Å². The molecule has 0 radical (unpaired) electrons. The molecule has 1 N–H and O–H groups in total. The summed E-state index contributed by atoms with van der Waals surface area (Å²) in [6.07, 6.45) is 0. The lowest BCUT2D eigenvalue weighted by atomic mass is 9.98. The lowest BCUT2D eigenvalue weighted by molar-refractivity contribution is -0.124. The molecule has 186 valence electrons. The fraction of sp³-hybridized carbons (Fsp3) is 0.241. The highest BCUT2D eigenvalue weighted by Crippen LogP contribution is 2.37. The molecule has 0 atom stereocenters. The van der Waals surface area contributed by atoms with E-state index in [1.54, 1.807) is 21.3 Å². The number of carbonyl (C=O) groups excluding carboxylic acids is 1. The minimum atomic E-state index is -0.0742. The zero-order chi connectivity index (χ0) is 25.7. The SMILES string of the molecule is CCN(CC)C(=O)/C(=C1/Nc2ccc(OC)cc2C1=Nc1ccc(OC)cc1)c1ccc(OC)cc1. The van der Waals surface area contributed by atoms with Gasteiger partial charge in [0, 0.05) is 24.3 Å². The first-order chi connectivity index (χ1) is 17.5. The summed E-state index contributed by atoms with van der Waals surface area (Å²) in [4.78, 5) is 20.7. The monoisotopic (exact) mass is 485 g/mol. The molecule has 1 heterocycles. The first-order valence-electron chi connectivity index (χ1n) is 11.9. The molecule has 0 saturated carbocycles. The number of nitrogens with zero attached hydrogens (tertiary/aromatic N) is 2. The molecule has 0 bridgehead atoms. The highest BCUT2D eigenvalue weighted by molar-refractivity contribution is 6.34. The van der Waals surface area contributed by atoms with Gasteiger partial charge < -0.3 is 24.4 Å². The Morgan fingerprint density at radius 2 is 1.36 bits per heavy atom. The number of anilines is 1. The molecule has 7 heteroatoms. The highest BCUT2D eigenvalue weighted by Gasteiger charge is 2.31. The van der Waals surface area contributed by atoms with E-state index in [1.807, 2.05) is 85.5 Å². The molecule has 0 aliphatic carbocycles. The maximum atomic E-state index is 13.9. The summed E-state index contributed by atoms with van der Waals surface area (Å²) < 4.78 is 16.1. The molecule has 0 saturated heterocycles. The topological polar surface area (TPSA) is 72.4 Å². The van der Waals surface area contributed by atoms with Crippen LogP contribution in [0.1, 0.15) is 25.0 Å². The van der Waals surface area contributed by atoms with Gasteiger partial charge in [0.2, 0.25) is 0 Å². The average molecular weight is 486 g/mol. The van der Waals surface area contributed by atoms with Crippen molar-refractivity contribution < 1.29 is 19.0 Å². The molecule has 3 aromatic rings. The number of fused-ring (bicyclic) bond motifs is 1. The summed E-state index contributed by atoms with van der Waals surface area (Å²) in [6, 6.07) is 20.8. The summed E-state index contributed by atoms with van der Waals surface area (Å²) in [5.41, 5.74) is 5.10. The first-order valence-corrected chi connectivity index (χ1v) is 11.9. The van der Waals surface area contributed by atoms with Crippen molar-refractivity contribution in [3.8, 4) is 17.2 Å². The van der Waals surface area contributed by atoms with Crippen LogP contribution in [0.25, 0.3) is 5.57 Å². The van der Waals surface area contributed by atoms with E-state index in [2.05, 4.69) is 5.32 Å². The first kappa shape index (κ1) is 24.9. The van der Waals surface area contributed by atoms with Crippen LogP contribution < -0.4 is 19.5 Å². The number of methoxy groups -OCH3 is 3. The molecule has 0 aromatic heterocycles. The van der Waals surface area contributed by atoms with Crippen LogP contribution in [0.5, 0.6) is 17.2 Å². The Hall–Kier alpha value is -4.26. The number of hydrogen-bond donors (Lipinski definition) is 1. The van der Waals surface area contributed by atoms with Gasteiger partial charge in [0.15, 0.2) is 0 Å².